The van der Waals surface area contributed by atoms with Gasteiger partial charge < -0.3 is 35.1 Å². The molecular formula is C22H24FN9O10P2S2. The minimum absolute atomic E-state index is 0.0650. The van der Waals surface area contributed by atoms with Crippen LogP contribution in [0.5, 0.6) is 0 Å². The molecule has 4 fully saturated rings. The fraction of sp³-hybridized carbons (Fsp3) is 0.500. The Kier molecular flexibility index (Phi) is 7.15. The largest absolute Gasteiger partial charge is 0.397 e. The van der Waals surface area contributed by atoms with Crippen molar-refractivity contribution in [2.24, 2.45) is 0 Å². The Labute approximate surface area is 266 Å². The van der Waals surface area contributed by atoms with E-state index in [1.165, 1.54) is 17.1 Å². The molecule has 0 radical (unpaired) electrons. The molecule has 0 spiro atoms. The van der Waals surface area contributed by atoms with Gasteiger partial charge in [0.05, 0.1) is 38.2 Å². The van der Waals surface area contributed by atoms with E-state index < -0.39 is 80.9 Å². The number of H-pyrrole nitrogens is 1. The summed E-state index contributed by atoms with van der Waals surface area (Å²) in [7, 11) is 0. The molecule has 19 nitrogen and oxygen atoms in total. The van der Waals surface area contributed by atoms with E-state index in [2.05, 4.69) is 37.2 Å². The first-order chi connectivity index (χ1) is 21.8. The predicted octanol–water partition coefficient (Wildman–Crippen LogP) is 0.703. The molecule has 6 N–H and O–H groups in total. The third-order valence-corrected chi connectivity index (χ3v) is 11.2. The summed E-state index contributed by atoms with van der Waals surface area (Å²) < 4.78 is 73.6. The molecule has 4 saturated heterocycles. The molecular weight excluding hydrogens is 695 g/mol. The number of anilines is 2. The van der Waals surface area contributed by atoms with Crippen LogP contribution in [-0.4, -0.2) is 95.0 Å². The number of thiol groups is 1. The van der Waals surface area contributed by atoms with Crippen LogP contribution in [0.15, 0.2) is 29.7 Å². The standard InChI is InChI=1S/C22H24FN9O10P2S2/c23-10-9-3-37-43(34,45)42-15-14-20(31-6-27-11-8(24)1-2-26-16(11)31)40-22(15,4-36-14)5-38-44(35,46)41-13(10)19(39-9)32-7-28-12-17(32)29-21(25)30-18(12)33/h1-2,6-7,9-10,13-15,19-20H,3-5H2,(H2,24,26)(H,34,45)(H,35,46)(H3,25,29,30,33)/t9-,10-,13-,14-,15?,19-,20-,22?,43?,44?/m1/s1. The Morgan fingerprint density at radius 2 is 1.85 bits per heavy atom. The van der Waals surface area contributed by atoms with Gasteiger partial charge in [-0.3, -0.25) is 32.5 Å². The fourth-order valence-corrected chi connectivity index (χ4v) is 8.95. The van der Waals surface area contributed by atoms with Crippen molar-refractivity contribution in [2.75, 3.05) is 31.3 Å². The van der Waals surface area contributed by atoms with Crippen molar-refractivity contribution in [3.05, 3.63) is 35.3 Å². The third kappa shape index (κ3) is 4.91. The average molecular weight is 720 g/mol. The summed E-state index contributed by atoms with van der Waals surface area (Å²) in [6.07, 6.45) is -5.40. The number of nitrogens with zero attached hydrogens (tertiary/aromatic N) is 6. The number of halogens is 1. The summed E-state index contributed by atoms with van der Waals surface area (Å²) in [5, 5.41) is 0. The zero-order valence-electron chi connectivity index (χ0n) is 23.1. The van der Waals surface area contributed by atoms with Gasteiger partial charge in [0.2, 0.25) is 5.95 Å². The van der Waals surface area contributed by atoms with Gasteiger partial charge in [-0.15, -0.1) is 0 Å². The third-order valence-electron chi connectivity index (χ3n) is 8.10. The molecule has 24 heteroatoms. The van der Waals surface area contributed by atoms with Gasteiger partial charge in [-0.2, -0.15) is 4.98 Å². The molecule has 4 aromatic heterocycles. The Hall–Kier alpha value is -2.59. The molecule has 246 valence electrons. The Morgan fingerprint density at radius 1 is 1.09 bits per heavy atom. The molecule has 4 unspecified atom stereocenters. The maximum absolute atomic E-state index is 16.0. The smallest absolute Gasteiger partial charge is 0.386 e. The van der Waals surface area contributed by atoms with Gasteiger partial charge in [-0.05, 0) is 17.9 Å². The van der Waals surface area contributed by atoms with Gasteiger partial charge in [0, 0.05) is 6.20 Å². The van der Waals surface area contributed by atoms with E-state index in [4.69, 9.17) is 55.6 Å². The van der Waals surface area contributed by atoms with Gasteiger partial charge in [0.1, 0.15) is 35.5 Å². The highest BCUT2D eigenvalue weighted by Gasteiger charge is 2.65. The SMILES string of the molecule is Nc1nc2c(ncn2[C@@H]2O[C@@H]3COP(O)(=S)OC4[C@H]5OCC4(COP(=O)(S)O[C@@H]2[C@@H]3F)O[C@H]5n2cnc3c(N)ccnc32)c(=O)[nH]1. The molecule has 46 heavy (non-hydrogen) atoms. The molecule has 0 amide bonds. The molecule has 4 aromatic rings. The first-order valence-corrected chi connectivity index (χ1v) is 18.8. The van der Waals surface area contributed by atoms with Gasteiger partial charge in [0.15, 0.2) is 35.4 Å². The van der Waals surface area contributed by atoms with E-state index >= 15 is 4.39 Å². The van der Waals surface area contributed by atoms with Crippen LogP contribution in [0.3, 0.4) is 0 Å². The molecule has 4 aliphatic rings. The highest BCUT2D eigenvalue weighted by molar-refractivity contribution is 8.44. The number of ether oxygens (including phenoxy) is 3. The Balaban J connectivity index is 1.14. The topological polar surface area (TPSA) is 248 Å². The van der Waals surface area contributed by atoms with Crippen LogP contribution in [0.25, 0.3) is 22.3 Å². The van der Waals surface area contributed by atoms with Crippen molar-refractivity contribution < 1.29 is 46.2 Å². The lowest BCUT2D eigenvalue weighted by atomic mass is 10.0. The highest BCUT2D eigenvalue weighted by atomic mass is 32.7. The summed E-state index contributed by atoms with van der Waals surface area (Å²) in [6, 6.07) is 1.59. The number of fused-ring (bicyclic) bond motifs is 4. The van der Waals surface area contributed by atoms with E-state index in [1.807, 2.05) is 0 Å². The second-order valence-electron chi connectivity index (χ2n) is 11.0. The summed E-state index contributed by atoms with van der Waals surface area (Å²) >= 11 is 9.43. The monoisotopic (exact) mass is 719 g/mol. The molecule has 0 aliphatic carbocycles. The molecule has 0 saturated carbocycles. The highest BCUT2D eigenvalue weighted by Crippen LogP contribution is 2.61. The van der Waals surface area contributed by atoms with E-state index in [-0.39, 0.29) is 23.7 Å². The number of pyridine rings is 1. The normalized spacial score (nSPS) is 39.7. The number of nitrogens with two attached hydrogens (primary N) is 2. The van der Waals surface area contributed by atoms with Crippen molar-refractivity contribution in [1.82, 2.24) is 34.1 Å². The first kappa shape index (κ1) is 30.7. The van der Waals surface area contributed by atoms with Gasteiger partial charge in [-0.25, -0.2) is 23.9 Å². The lowest BCUT2D eigenvalue weighted by Gasteiger charge is -2.33. The Morgan fingerprint density at radius 3 is 2.65 bits per heavy atom. The number of hydrogen-bond donors (Lipinski definition) is 5. The number of imidazole rings is 2. The number of alkyl halides is 1. The number of nitrogens with one attached hydrogen (secondary N) is 1. The van der Waals surface area contributed by atoms with Crippen LogP contribution in [0.2, 0.25) is 0 Å². The summed E-state index contributed by atoms with van der Waals surface area (Å²) in [6.45, 7) is -9.87. The zero-order chi connectivity index (χ0) is 32.2. The van der Waals surface area contributed by atoms with E-state index in [1.54, 1.807) is 10.6 Å². The molecule has 4 aliphatic heterocycles. The molecule has 8 rings (SSSR count). The van der Waals surface area contributed by atoms with E-state index in [0.29, 0.717) is 16.9 Å². The number of aromatic nitrogens is 7. The first-order valence-electron chi connectivity index (χ1n) is 13.5. The Bertz CT molecular complexity index is 2030. The van der Waals surface area contributed by atoms with Crippen LogP contribution < -0.4 is 17.0 Å². The predicted molar refractivity (Wildman–Crippen MR) is 161 cm³/mol. The van der Waals surface area contributed by atoms with E-state index in [9.17, 15) is 14.3 Å². The van der Waals surface area contributed by atoms with Crippen molar-refractivity contribution >= 4 is 71.5 Å². The minimum atomic E-state index is -4.43. The number of nitrogen functional groups attached to an aromatic ring is 2. The van der Waals surface area contributed by atoms with Crippen molar-refractivity contribution in [3.8, 4) is 0 Å². The maximum atomic E-state index is 16.0. The molecule has 4 bridgehead atoms. The van der Waals surface area contributed by atoms with Crippen LogP contribution >= 0.6 is 25.8 Å². The zero-order valence-corrected chi connectivity index (χ0v) is 26.6. The van der Waals surface area contributed by atoms with Crippen molar-refractivity contribution in [1.29, 1.82) is 0 Å². The molecule has 0 aromatic carbocycles. The summed E-state index contributed by atoms with van der Waals surface area (Å²) in [5.41, 5.74) is 10.6. The maximum Gasteiger partial charge on any atom is 0.386 e. The van der Waals surface area contributed by atoms with Crippen LogP contribution in [0, 0.1) is 0 Å². The van der Waals surface area contributed by atoms with Gasteiger partial charge in [0.25, 0.3) is 5.56 Å². The van der Waals surface area contributed by atoms with Crippen LogP contribution in [0.1, 0.15) is 12.5 Å². The minimum Gasteiger partial charge on any atom is -0.397 e. The lowest BCUT2D eigenvalue weighted by molar-refractivity contribution is -0.182. The summed E-state index contributed by atoms with van der Waals surface area (Å²) in [5.74, 6) is -0.237. The molecule has 10 atom stereocenters. The second kappa shape index (κ2) is 10.7. The van der Waals surface area contributed by atoms with Gasteiger partial charge in [-0.1, -0.05) is 12.2 Å². The molecule has 8 heterocycles. The lowest BCUT2D eigenvalue weighted by Crippen LogP contribution is -2.45. The van der Waals surface area contributed by atoms with Crippen LogP contribution in [-0.2, 0) is 48.7 Å². The second-order valence-corrected chi connectivity index (χ2v) is 16.6. The van der Waals surface area contributed by atoms with Crippen molar-refractivity contribution in [2.45, 2.75) is 48.6 Å². The number of rotatable bonds is 2. The number of aromatic amines is 1. The van der Waals surface area contributed by atoms with Gasteiger partial charge >= 0.3 is 13.5 Å². The average Bonchev–Trinajstić information content (AvgIpc) is 3.80. The fourth-order valence-electron chi connectivity index (χ4n) is 6.03. The van der Waals surface area contributed by atoms with E-state index in [0.717, 1.165) is 6.33 Å². The number of hydrogen-bond acceptors (Lipinski definition) is 16. The van der Waals surface area contributed by atoms with Crippen LogP contribution in [0.4, 0.5) is 16.0 Å². The quantitative estimate of drug-likeness (QED) is 0.141. The summed E-state index contributed by atoms with van der Waals surface area (Å²) in [4.78, 5) is 42.6. The van der Waals surface area contributed by atoms with Crippen molar-refractivity contribution in [3.63, 3.8) is 0 Å².